The number of nitrogens with one attached hydrogen (secondary N) is 2. The van der Waals surface area contributed by atoms with Crippen LogP contribution in [0.15, 0.2) is 6.07 Å². The lowest BCUT2D eigenvalue weighted by Crippen LogP contribution is -2.35. The van der Waals surface area contributed by atoms with E-state index in [1.165, 1.54) is 0 Å². The maximum Gasteiger partial charge on any atom is 0.241 e. The molecular formula is C12H16N4O. The Balaban J connectivity index is 3.06. The van der Waals surface area contributed by atoms with Crippen molar-refractivity contribution in [3.8, 4) is 6.07 Å². The molecule has 0 aliphatic carbocycles. The third-order valence-corrected chi connectivity index (χ3v) is 2.45. The fraction of sp³-hybridized carbons (Fsp3) is 0.417. The standard InChI is InChI=1S/C12H16N4O/c1-7-5-8(2)15-11(10(7)6-13)16-9(3)12(17)14-4/h5,9H,1-4H3,(H,14,17)(H,15,16). The summed E-state index contributed by atoms with van der Waals surface area (Å²) in [5.41, 5.74) is 2.14. The van der Waals surface area contributed by atoms with E-state index in [1.54, 1.807) is 14.0 Å². The van der Waals surface area contributed by atoms with Gasteiger partial charge in [-0.2, -0.15) is 5.26 Å². The summed E-state index contributed by atoms with van der Waals surface area (Å²) in [5.74, 6) is 0.316. The number of hydrogen-bond acceptors (Lipinski definition) is 4. The van der Waals surface area contributed by atoms with Crippen LogP contribution in [-0.4, -0.2) is 24.0 Å². The van der Waals surface area contributed by atoms with Crippen LogP contribution in [0.3, 0.4) is 0 Å². The first-order valence-electron chi connectivity index (χ1n) is 5.36. The Morgan fingerprint density at radius 2 is 2.18 bits per heavy atom. The zero-order chi connectivity index (χ0) is 13.0. The lowest BCUT2D eigenvalue weighted by atomic mass is 10.1. The molecule has 0 radical (unpaired) electrons. The number of aryl methyl sites for hydroxylation is 2. The number of nitrogens with zero attached hydrogens (tertiary/aromatic N) is 2. The van der Waals surface area contributed by atoms with Crippen LogP contribution >= 0.6 is 0 Å². The number of aromatic nitrogens is 1. The van der Waals surface area contributed by atoms with E-state index in [0.29, 0.717) is 11.4 Å². The second kappa shape index (κ2) is 5.30. The minimum atomic E-state index is -0.430. The quantitative estimate of drug-likeness (QED) is 0.818. The average Bonchev–Trinajstić information content (AvgIpc) is 2.27. The second-order valence-electron chi connectivity index (χ2n) is 3.90. The Morgan fingerprint density at radius 3 is 2.71 bits per heavy atom. The highest BCUT2D eigenvalue weighted by Gasteiger charge is 2.15. The van der Waals surface area contributed by atoms with Gasteiger partial charge in [-0.25, -0.2) is 4.98 Å². The molecule has 5 heteroatoms. The Labute approximate surface area is 101 Å². The van der Waals surface area contributed by atoms with Crippen LogP contribution in [-0.2, 0) is 4.79 Å². The van der Waals surface area contributed by atoms with Gasteiger partial charge < -0.3 is 10.6 Å². The van der Waals surface area contributed by atoms with Crippen molar-refractivity contribution >= 4 is 11.7 Å². The van der Waals surface area contributed by atoms with Gasteiger partial charge in [0.1, 0.15) is 17.9 Å². The van der Waals surface area contributed by atoms with Crippen molar-refractivity contribution in [3.05, 3.63) is 22.9 Å². The van der Waals surface area contributed by atoms with E-state index in [2.05, 4.69) is 21.7 Å². The number of hydrogen-bond donors (Lipinski definition) is 2. The topological polar surface area (TPSA) is 77.8 Å². The van der Waals surface area contributed by atoms with Crippen LogP contribution < -0.4 is 10.6 Å². The van der Waals surface area contributed by atoms with E-state index in [4.69, 9.17) is 5.26 Å². The predicted octanol–water partition coefficient (Wildman–Crippen LogP) is 1.12. The zero-order valence-electron chi connectivity index (χ0n) is 10.5. The first kappa shape index (κ1) is 13.0. The van der Waals surface area contributed by atoms with Gasteiger partial charge in [-0.1, -0.05) is 0 Å². The molecule has 0 saturated carbocycles. The van der Waals surface area contributed by atoms with Crippen molar-refractivity contribution in [2.45, 2.75) is 26.8 Å². The van der Waals surface area contributed by atoms with Crippen LogP contribution in [0.5, 0.6) is 0 Å². The van der Waals surface area contributed by atoms with E-state index in [9.17, 15) is 4.79 Å². The van der Waals surface area contributed by atoms with Crippen LogP contribution in [0.2, 0.25) is 0 Å². The summed E-state index contributed by atoms with van der Waals surface area (Å²) in [4.78, 5) is 15.6. The lowest BCUT2D eigenvalue weighted by Gasteiger charge is -2.15. The summed E-state index contributed by atoms with van der Waals surface area (Å²) in [6, 6.07) is 3.51. The number of rotatable bonds is 3. The fourth-order valence-corrected chi connectivity index (χ4v) is 1.57. The highest BCUT2D eigenvalue weighted by Crippen LogP contribution is 2.18. The molecule has 1 unspecified atom stereocenters. The first-order chi connectivity index (χ1) is 7.99. The van der Waals surface area contributed by atoms with Crippen molar-refractivity contribution < 1.29 is 4.79 Å². The van der Waals surface area contributed by atoms with Gasteiger partial charge in [0.2, 0.25) is 5.91 Å². The van der Waals surface area contributed by atoms with Crippen molar-refractivity contribution in [2.24, 2.45) is 0 Å². The summed E-state index contributed by atoms with van der Waals surface area (Å²) in [7, 11) is 1.57. The molecule has 0 bridgehead atoms. The van der Waals surface area contributed by atoms with Crippen molar-refractivity contribution in [2.75, 3.05) is 12.4 Å². The van der Waals surface area contributed by atoms with E-state index in [-0.39, 0.29) is 5.91 Å². The number of nitriles is 1. The van der Waals surface area contributed by atoms with Crippen molar-refractivity contribution in [1.29, 1.82) is 5.26 Å². The number of pyridine rings is 1. The molecule has 0 aliphatic heterocycles. The highest BCUT2D eigenvalue weighted by atomic mass is 16.2. The van der Waals surface area contributed by atoms with Crippen LogP contribution in [0, 0.1) is 25.2 Å². The van der Waals surface area contributed by atoms with Gasteiger partial charge >= 0.3 is 0 Å². The fourth-order valence-electron chi connectivity index (χ4n) is 1.57. The number of anilines is 1. The van der Waals surface area contributed by atoms with E-state index >= 15 is 0 Å². The molecular weight excluding hydrogens is 216 g/mol. The van der Waals surface area contributed by atoms with Crippen molar-refractivity contribution in [1.82, 2.24) is 10.3 Å². The smallest absolute Gasteiger partial charge is 0.241 e. The molecule has 5 nitrogen and oxygen atoms in total. The Morgan fingerprint density at radius 1 is 1.53 bits per heavy atom. The van der Waals surface area contributed by atoms with Crippen LogP contribution in [0.4, 0.5) is 5.82 Å². The third kappa shape index (κ3) is 2.94. The van der Waals surface area contributed by atoms with Gasteiger partial charge in [0.25, 0.3) is 0 Å². The van der Waals surface area contributed by atoms with Crippen LogP contribution in [0.1, 0.15) is 23.7 Å². The summed E-state index contributed by atoms with van der Waals surface area (Å²) in [6.07, 6.45) is 0. The molecule has 1 atom stereocenters. The molecule has 0 spiro atoms. The van der Waals surface area contributed by atoms with Crippen molar-refractivity contribution in [3.63, 3.8) is 0 Å². The SMILES string of the molecule is CNC(=O)C(C)Nc1nc(C)cc(C)c1C#N. The highest BCUT2D eigenvalue weighted by molar-refractivity contribution is 5.84. The summed E-state index contributed by atoms with van der Waals surface area (Å²) in [5, 5.41) is 14.6. The monoisotopic (exact) mass is 232 g/mol. The predicted molar refractivity (Wildman–Crippen MR) is 65.6 cm³/mol. The minimum absolute atomic E-state index is 0.144. The number of amides is 1. The van der Waals surface area contributed by atoms with Gasteiger partial charge in [0.05, 0.1) is 5.56 Å². The molecule has 17 heavy (non-hydrogen) atoms. The molecule has 1 rings (SSSR count). The first-order valence-corrected chi connectivity index (χ1v) is 5.36. The maximum absolute atomic E-state index is 11.4. The molecule has 0 aliphatic rings. The van der Waals surface area contributed by atoms with Crippen LogP contribution in [0.25, 0.3) is 0 Å². The molecule has 2 N–H and O–H groups in total. The normalized spacial score (nSPS) is 11.5. The van der Waals surface area contributed by atoms with E-state index in [1.807, 2.05) is 19.9 Å². The minimum Gasteiger partial charge on any atom is -0.358 e. The molecule has 0 aromatic carbocycles. The van der Waals surface area contributed by atoms with E-state index < -0.39 is 6.04 Å². The summed E-state index contributed by atoms with van der Waals surface area (Å²) in [6.45, 7) is 5.42. The lowest BCUT2D eigenvalue weighted by molar-refractivity contribution is -0.121. The molecule has 0 fully saturated rings. The van der Waals surface area contributed by atoms with Gasteiger partial charge in [-0.15, -0.1) is 0 Å². The molecule has 1 aromatic heterocycles. The van der Waals surface area contributed by atoms with Gasteiger partial charge in [-0.05, 0) is 32.4 Å². The number of likely N-dealkylation sites (N-methyl/N-ethyl adjacent to an activating group) is 1. The van der Waals surface area contributed by atoms with Gasteiger partial charge in [0, 0.05) is 12.7 Å². The molecule has 1 heterocycles. The van der Waals surface area contributed by atoms with E-state index in [0.717, 1.165) is 11.3 Å². The number of carbonyl (C=O) groups is 1. The zero-order valence-corrected chi connectivity index (χ0v) is 10.5. The average molecular weight is 232 g/mol. The Hall–Kier alpha value is -2.09. The summed E-state index contributed by atoms with van der Waals surface area (Å²) >= 11 is 0. The molecule has 1 aromatic rings. The third-order valence-electron chi connectivity index (χ3n) is 2.45. The molecule has 90 valence electrons. The van der Waals surface area contributed by atoms with Gasteiger partial charge in [-0.3, -0.25) is 4.79 Å². The molecule has 1 amide bonds. The Kier molecular flexibility index (Phi) is 4.05. The maximum atomic E-state index is 11.4. The number of carbonyl (C=O) groups excluding carboxylic acids is 1. The second-order valence-corrected chi connectivity index (χ2v) is 3.90. The van der Waals surface area contributed by atoms with Gasteiger partial charge in [0.15, 0.2) is 0 Å². The summed E-state index contributed by atoms with van der Waals surface area (Å²) < 4.78 is 0. The molecule has 0 saturated heterocycles. The Bertz CT molecular complexity index is 476. The largest absolute Gasteiger partial charge is 0.358 e.